The summed E-state index contributed by atoms with van der Waals surface area (Å²) in [6, 6.07) is 7.80. The summed E-state index contributed by atoms with van der Waals surface area (Å²) in [7, 11) is 1.66. The Labute approximate surface area is 107 Å². The monoisotopic (exact) mass is 245 g/mol. The van der Waals surface area contributed by atoms with E-state index in [9.17, 15) is 0 Å². The van der Waals surface area contributed by atoms with Gasteiger partial charge in [0.25, 0.3) is 0 Å². The Morgan fingerprint density at radius 3 is 2.67 bits per heavy atom. The highest BCUT2D eigenvalue weighted by Gasteiger charge is 2.17. The lowest BCUT2D eigenvalue weighted by molar-refractivity contribution is 0.411. The molecule has 4 nitrogen and oxygen atoms in total. The molecule has 1 unspecified atom stereocenters. The molecule has 0 amide bonds. The van der Waals surface area contributed by atoms with Crippen molar-refractivity contribution < 1.29 is 4.74 Å². The largest absolute Gasteiger partial charge is 0.495 e. The van der Waals surface area contributed by atoms with Crippen LogP contribution in [0.5, 0.6) is 5.75 Å². The maximum absolute atomic E-state index is 6.21. The second kappa shape index (κ2) is 5.23. The summed E-state index contributed by atoms with van der Waals surface area (Å²) in [5, 5.41) is 0. The molecule has 0 aliphatic rings. The molecular formula is C14H19N3O. The predicted molar refractivity (Wildman–Crippen MR) is 71.9 cm³/mol. The minimum atomic E-state index is -0.0441. The molecule has 0 saturated heterocycles. The van der Waals surface area contributed by atoms with Crippen LogP contribution in [0.4, 0.5) is 0 Å². The van der Waals surface area contributed by atoms with Gasteiger partial charge in [-0.1, -0.05) is 26.0 Å². The van der Waals surface area contributed by atoms with E-state index in [0.717, 1.165) is 17.1 Å². The number of imidazole rings is 1. The van der Waals surface area contributed by atoms with Crippen molar-refractivity contribution in [1.29, 1.82) is 0 Å². The van der Waals surface area contributed by atoms with Crippen molar-refractivity contribution in [3.8, 4) is 11.4 Å². The molecule has 2 rings (SSSR count). The Bertz CT molecular complexity index is 519. The molecule has 0 bridgehead atoms. The molecule has 2 aromatic rings. The Kier molecular flexibility index (Phi) is 3.67. The smallest absolute Gasteiger partial charge is 0.142 e. The van der Waals surface area contributed by atoms with E-state index in [4.69, 9.17) is 10.5 Å². The van der Waals surface area contributed by atoms with Crippen molar-refractivity contribution in [3.63, 3.8) is 0 Å². The second-order valence-electron chi connectivity index (χ2n) is 4.63. The number of para-hydroxylation sites is 2. The summed E-state index contributed by atoms with van der Waals surface area (Å²) in [4.78, 5) is 4.20. The normalized spacial score (nSPS) is 12.7. The molecule has 2 N–H and O–H groups in total. The second-order valence-corrected chi connectivity index (χ2v) is 4.63. The Balaban J connectivity index is 2.49. The van der Waals surface area contributed by atoms with Crippen LogP contribution in [0.25, 0.3) is 5.69 Å². The van der Waals surface area contributed by atoms with Crippen LogP contribution >= 0.6 is 0 Å². The van der Waals surface area contributed by atoms with Gasteiger partial charge in [0.2, 0.25) is 0 Å². The number of nitrogens with zero attached hydrogens (tertiary/aromatic N) is 2. The van der Waals surface area contributed by atoms with Crippen LogP contribution in [0.2, 0.25) is 0 Å². The Hall–Kier alpha value is -1.81. The van der Waals surface area contributed by atoms with Crippen LogP contribution in [-0.4, -0.2) is 16.7 Å². The molecule has 1 heterocycles. The minimum Gasteiger partial charge on any atom is -0.495 e. The van der Waals surface area contributed by atoms with Crippen LogP contribution in [0.1, 0.15) is 25.6 Å². The van der Waals surface area contributed by atoms with Crippen LogP contribution < -0.4 is 10.5 Å². The van der Waals surface area contributed by atoms with Crippen LogP contribution in [0.15, 0.2) is 36.8 Å². The average Bonchev–Trinajstić information content (AvgIpc) is 2.86. The van der Waals surface area contributed by atoms with Gasteiger partial charge in [0.15, 0.2) is 0 Å². The van der Waals surface area contributed by atoms with E-state index in [1.807, 2.05) is 35.0 Å². The molecule has 96 valence electrons. The van der Waals surface area contributed by atoms with Gasteiger partial charge in [0, 0.05) is 6.04 Å². The molecule has 0 spiro atoms. The van der Waals surface area contributed by atoms with Gasteiger partial charge in [-0.15, -0.1) is 0 Å². The average molecular weight is 245 g/mol. The van der Waals surface area contributed by atoms with E-state index in [-0.39, 0.29) is 6.04 Å². The van der Waals surface area contributed by atoms with Gasteiger partial charge in [-0.05, 0) is 18.1 Å². The van der Waals surface area contributed by atoms with Crippen molar-refractivity contribution in [3.05, 3.63) is 42.5 Å². The number of methoxy groups -OCH3 is 1. The first kappa shape index (κ1) is 12.6. The molecule has 0 radical (unpaired) electrons. The summed E-state index contributed by atoms with van der Waals surface area (Å²) >= 11 is 0. The summed E-state index contributed by atoms with van der Waals surface area (Å²) in [6.45, 7) is 4.20. The lowest BCUT2D eigenvalue weighted by atomic mass is 10.0. The molecule has 0 fully saturated rings. The van der Waals surface area contributed by atoms with Crippen molar-refractivity contribution in [2.45, 2.75) is 19.9 Å². The summed E-state index contributed by atoms with van der Waals surface area (Å²) in [5.74, 6) is 1.17. The molecule has 0 aliphatic heterocycles. The van der Waals surface area contributed by atoms with Crippen LogP contribution in [0.3, 0.4) is 0 Å². The van der Waals surface area contributed by atoms with Gasteiger partial charge in [-0.2, -0.15) is 0 Å². The predicted octanol–water partition coefficient (Wildman–Crippen LogP) is 2.54. The zero-order valence-corrected chi connectivity index (χ0v) is 11.0. The van der Waals surface area contributed by atoms with Crippen LogP contribution in [-0.2, 0) is 0 Å². The third kappa shape index (κ3) is 2.24. The third-order valence-electron chi connectivity index (χ3n) is 3.07. The number of rotatable bonds is 4. The SMILES string of the molecule is COc1ccccc1-n1cncc1C(N)C(C)C. The molecule has 18 heavy (non-hydrogen) atoms. The number of nitrogens with two attached hydrogens (primary N) is 1. The first-order valence-corrected chi connectivity index (χ1v) is 6.06. The fourth-order valence-corrected chi connectivity index (χ4v) is 1.92. The number of ether oxygens (including phenoxy) is 1. The first-order chi connectivity index (χ1) is 8.65. The standard InChI is InChI=1S/C14H19N3O/c1-10(2)14(15)12-8-16-9-17(12)11-6-4-5-7-13(11)18-3/h4-10,14H,15H2,1-3H3. The van der Waals surface area contributed by atoms with E-state index in [0.29, 0.717) is 5.92 Å². The number of hydrogen-bond acceptors (Lipinski definition) is 3. The van der Waals surface area contributed by atoms with Crippen molar-refractivity contribution in [1.82, 2.24) is 9.55 Å². The maximum Gasteiger partial charge on any atom is 0.142 e. The Morgan fingerprint density at radius 1 is 1.28 bits per heavy atom. The summed E-state index contributed by atoms with van der Waals surface area (Å²) < 4.78 is 7.36. The first-order valence-electron chi connectivity index (χ1n) is 6.06. The van der Waals surface area contributed by atoms with E-state index in [2.05, 4.69) is 18.8 Å². The summed E-state index contributed by atoms with van der Waals surface area (Å²) in [6.07, 6.45) is 3.59. The highest BCUT2D eigenvalue weighted by molar-refractivity contribution is 5.47. The molecule has 1 aromatic heterocycles. The summed E-state index contributed by atoms with van der Waals surface area (Å²) in [5.41, 5.74) is 8.17. The van der Waals surface area contributed by atoms with E-state index < -0.39 is 0 Å². The van der Waals surface area contributed by atoms with Crippen molar-refractivity contribution in [2.24, 2.45) is 11.7 Å². The molecule has 0 aliphatic carbocycles. The van der Waals surface area contributed by atoms with Crippen LogP contribution in [0, 0.1) is 5.92 Å². The lowest BCUT2D eigenvalue weighted by Gasteiger charge is -2.19. The maximum atomic E-state index is 6.21. The van der Waals surface area contributed by atoms with Gasteiger partial charge in [-0.25, -0.2) is 4.98 Å². The van der Waals surface area contributed by atoms with Gasteiger partial charge in [0.05, 0.1) is 31.0 Å². The highest BCUT2D eigenvalue weighted by atomic mass is 16.5. The topological polar surface area (TPSA) is 53.1 Å². The molecule has 0 saturated carbocycles. The number of aromatic nitrogens is 2. The van der Waals surface area contributed by atoms with E-state index >= 15 is 0 Å². The highest BCUT2D eigenvalue weighted by Crippen LogP contribution is 2.27. The zero-order valence-electron chi connectivity index (χ0n) is 11.0. The quantitative estimate of drug-likeness (QED) is 0.900. The van der Waals surface area contributed by atoms with Gasteiger partial charge >= 0.3 is 0 Å². The fourth-order valence-electron chi connectivity index (χ4n) is 1.92. The number of hydrogen-bond donors (Lipinski definition) is 1. The van der Waals surface area contributed by atoms with E-state index in [1.165, 1.54) is 0 Å². The Morgan fingerprint density at radius 2 is 2.00 bits per heavy atom. The molecular weight excluding hydrogens is 226 g/mol. The van der Waals surface area contributed by atoms with Gasteiger partial charge < -0.3 is 10.5 Å². The van der Waals surface area contributed by atoms with E-state index in [1.54, 1.807) is 13.4 Å². The lowest BCUT2D eigenvalue weighted by Crippen LogP contribution is -2.20. The van der Waals surface area contributed by atoms with Crippen molar-refractivity contribution in [2.75, 3.05) is 7.11 Å². The molecule has 4 heteroatoms. The molecule has 1 aromatic carbocycles. The fraction of sp³-hybridized carbons (Fsp3) is 0.357. The van der Waals surface area contributed by atoms with Gasteiger partial charge in [0.1, 0.15) is 5.75 Å². The minimum absolute atomic E-state index is 0.0441. The number of benzene rings is 1. The molecule has 1 atom stereocenters. The zero-order chi connectivity index (χ0) is 13.1. The van der Waals surface area contributed by atoms with Crippen molar-refractivity contribution >= 4 is 0 Å². The third-order valence-corrected chi connectivity index (χ3v) is 3.07. The van der Waals surface area contributed by atoms with Gasteiger partial charge in [-0.3, -0.25) is 4.57 Å².